The number of sulfonamides is 1. The van der Waals surface area contributed by atoms with Crippen molar-refractivity contribution in [1.82, 2.24) is 4.31 Å². The standard InChI is InChI=1S/C10H14N2O2S2/c1-8(7-11)16(13,14)12(3)9(2)10-5-4-6-15-10/h4-6,8-9H,1-3H3. The first kappa shape index (κ1) is 13.2. The van der Waals surface area contributed by atoms with Gasteiger partial charge in [0.25, 0.3) is 0 Å². The van der Waals surface area contributed by atoms with Crippen molar-refractivity contribution in [1.29, 1.82) is 5.26 Å². The molecule has 1 rings (SSSR count). The Hall–Kier alpha value is -0.900. The molecule has 1 aromatic rings. The minimum atomic E-state index is -3.54. The van der Waals surface area contributed by atoms with Crippen molar-refractivity contribution in [3.05, 3.63) is 22.4 Å². The van der Waals surface area contributed by atoms with Crippen LogP contribution in [0.2, 0.25) is 0 Å². The number of hydrogen-bond donors (Lipinski definition) is 0. The SMILES string of the molecule is CC(c1cccs1)N(C)S(=O)(=O)C(C)C#N. The molecule has 4 nitrogen and oxygen atoms in total. The van der Waals surface area contributed by atoms with Crippen molar-refractivity contribution in [2.45, 2.75) is 25.1 Å². The van der Waals surface area contributed by atoms with E-state index in [1.165, 1.54) is 29.6 Å². The van der Waals surface area contributed by atoms with Crippen molar-refractivity contribution in [3.63, 3.8) is 0 Å². The Morgan fingerprint density at radius 2 is 2.12 bits per heavy atom. The lowest BCUT2D eigenvalue weighted by atomic mass is 10.3. The van der Waals surface area contributed by atoms with Crippen LogP contribution in [-0.2, 0) is 10.0 Å². The lowest BCUT2D eigenvalue weighted by molar-refractivity contribution is 0.400. The second-order valence-electron chi connectivity index (χ2n) is 3.52. The molecule has 1 aromatic heterocycles. The van der Waals surface area contributed by atoms with E-state index in [2.05, 4.69) is 0 Å². The van der Waals surface area contributed by atoms with Gasteiger partial charge < -0.3 is 0 Å². The lowest BCUT2D eigenvalue weighted by Gasteiger charge is -2.24. The molecule has 0 radical (unpaired) electrons. The first-order valence-corrected chi connectivity index (χ1v) is 7.19. The molecule has 0 aliphatic heterocycles. The van der Waals surface area contributed by atoms with Gasteiger partial charge in [-0.25, -0.2) is 8.42 Å². The smallest absolute Gasteiger partial charge is 0.211 e. The third-order valence-electron chi connectivity index (χ3n) is 2.53. The van der Waals surface area contributed by atoms with E-state index in [1.54, 1.807) is 6.07 Å². The van der Waals surface area contributed by atoms with Crippen molar-refractivity contribution >= 4 is 21.4 Å². The van der Waals surface area contributed by atoms with Gasteiger partial charge in [-0.05, 0) is 25.3 Å². The highest BCUT2D eigenvalue weighted by atomic mass is 32.2. The van der Waals surface area contributed by atoms with Gasteiger partial charge in [-0.2, -0.15) is 9.57 Å². The molecule has 88 valence electrons. The van der Waals surface area contributed by atoms with Crippen molar-refractivity contribution in [2.75, 3.05) is 7.05 Å². The maximum atomic E-state index is 11.9. The van der Waals surface area contributed by atoms with Gasteiger partial charge >= 0.3 is 0 Å². The summed E-state index contributed by atoms with van der Waals surface area (Å²) in [5.41, 5.74) is 0. The van der Waals surface area contributed by atoms with E-state index in [0.717, 1.165) is 4.88 Å². The normalized spacial score (nSPS) is 15.7. The highest BCUT2D eigenvalue weighted by Gasteiger charge is 2.30. The molecule has 2 atom stereocenters. The zero-order valence-electron chi connectivity index (χ0n) is 9.41. The number of nitrogens with zero attached hydrogens (tertiary/aromatic N) is 2. The average Bonchev–Trinajstić information content (AvgIpc) is 2.79. The van der Waals surface area contributed by atoms with E-state index in [9.17, 15) is 8.42 Å². The summed E-state index contributed by atoms with van der Waals surface area (Å²) in [5.74, 6) is 0. The summed E-state index contributed by atoms with van der Waals surface area (Å²) in [4.78, 5) is 0.969. The van der Waals surface area contributed by atoms with Gasteiger partial charge in [0.05, 0.1) is 12.1 Å². The van der Waals surface area contributed by atoms with Crippen LogP contribution in [0.5, 0.6) is 0 Å². The van der Waals surface area contributed by atoms with Gasteiger partial charge in [-0.1, -0.05) is 6.07 Å². The summed E-state index contributed by atoms with van der Waals surface area (Å²) in [6.45, 7) is 3.21. The third kappa shape index (κ3) is 2.43. The lowest BCUT2D eigenvalue weighted by Crippen LogP contribution is -2.35. The highest BCUT2D eigenvalue weighted by Crippen LogP contribution is 2.26. The van der Waals surface area contributed by atoms with Crippen LogP contribution < -0.4 is 0 Å². The second kappa shape index (κ2) is 4.95. The topological polar surface area (TPSA) is 61.2 Å². The quantitative estimate of drug-likeness (QED) is 0.829. The Morgan fingerprint density at radius 3 is 2.56 bits per heavy atom. The molecule has 0 amide bonds. The summed E-state index contributed by atoms with van der Waals surface area (Å²) in [5, 5.41) is 9.57. The van der Waals surface area contributed by atoms with E-state index < -0.39 is 15.3 Å². The molecular weight excluding hydrogens is 244 g/mol. The van der Waals surface area contributed by atoms with E-state index in [0.29, 0.717) is 0 Å². The summed E-state index contributed by atoms with van der Waals surface area (Å²) in [6.07, 6.45) is 0. The van der Waals surface area contributed by atoms with Gasteiger partial charge in [0.15, 0.2) is 5.25 Å². The van der Waals surface area contributed by atoms with Crippen molar-refractivity contribution < 1.29 is 8.42 Å². The van der Waals surface area contributed by atoms with Crippen LogP contribution in [0, 0.1) is 11.3 Å². The van der Waals surface area contributed by atoms with Crippen LogP contribution >= 0.6 is 11.3 Å². The maximum Gasteiger partial charge on any atom is 0.230 e. The number of rotatable bonds is 4. The van der Waals surface area contributed by atoms with Crippen LogP contribution in [0.4, 0.5) is 0 Å². The van der Waals surface area contributed by atoms with Gasteiger partial charge in [0.2, 0.25) is 10.0 Å². The summed E-state index contributed by atoms with van der Waals surface area (Å²) in [7, 11) is -2.03. The van der Waals surface area contributed by atoms with E-state index in [4.69, 9.17) is 5.26 Å². The maximum absolute atomic E-state index is 11.9. The summed E-state index contributed by atoms with van der Waals surface area (Å²) in [6, 6.07) is 5.29. The van der Waals surface area contributed by atoms with Crippen LogP contribution in [0.1, 0.15) is 24.8 Å². The van der Waals surface area contributed by atoms with E-state index in [1.807, 2.05) is 24.4 Å². The second-order valence-corrected chi connectivity index (χ2v) is 6.82. The fraction of sp³-hybridized carbons (Fsp3) is 0.500. The molecule has 0 aliphatic carbocycles. The molecule has 0 saturated heterocycles. The Bertz CT molecular complexity index is 473. The minimum absolute atomic E-state index is 0.235. The Kier molecular flexibility index (Phi) is 4.08. The molecule has 6 heteroatoms. The zero-order chi connectivity index (χ0) is 12.3. The first-order chi connectivity index (χ1) is 7.41. The molecule has 2 unspecified atom stereocenters. The molecular formula is C10H14N2O2S2. The summed E-state index contributed by atoms with van der Waals surface area (Å²) >= 11 is 1.51. The molecule has 0 fully saturated rings. The Labute approximate surface area is 100 Å². The third-order valence-corrected chi connectivity index (χ3v) is 5.69. The van der Waals surface area contributed by atoms with Gasteiger partial charge in [0.1, 0.15) is 0 Å². The van der Waals surface area contributed by atoms with Gasteiger partial charge in [-0.3, -0.25) is 0 Å². The predicted molar refractivity (Wildman–Crippen MR) is 64.5 cm³/mol. The van der Waals surface area contributed by atoms with Gasteiger partial charge in [-0.15, -0.1) is 11.3 Å². The zero-order valence-corrected chi connectivity index (χ0v) is 11.0. The van der Waals surface area contributed by atoms with Crippen LogP contribution in [-0.4, -0.2) is 25.0 Å². The van der Waals surface area contributed by atoms with Crippen LogP contribution in [0.3, 0.4) is 0 Å². The fourth-order valence-electron chi connectivity index (χ4n) is 1.24. The number of thiophene rings is 1. The van der Waals surface area contributed by atoms with E-state index >= 15 is 0 Å². The Balaban J connectivity index is 2.96. The highest BCUT2D eigenvalue weighted by molar-refractivity contribution is 7.89. The predicted octanol–water partition coefficient (Wildman–Crippen LogP) is 1.98. The number of nitriles is 1. The molecule has 0 aromatic carbocycles. The monoisotopic (exact) mass is 258 g/mol. The molecule has 1 heterocycles. The first-order valence-electron chi connectivity index (χ1n) is 4.81. The van der Waals surface area contributed by atoms with Crippen LogP contribution in [0.25, 0.3) is 0 Å². The molecule has 0 spiro atoms. The van der Waals surface area contributed by atoms with Crippen molar-refractivity contribution in [3.8, 4) is 6.07 Å². The largest absolute Gasteiger partial charge is 0.230 e. The Morgan fingerprint density at radius 1 is 1.50 bits per heavy atom. The minimum Gasteiger partial charge on any atom is -0.211 e. The molecule has 0 N–H and O–H groups in total. The molecule has 16 heavy (non-hydrogen) atoms. The van der Waals surface area contributed by atoms with E-state index in [-0.39, 0.29) is 6.04 Å². The van der Waals surface area contributed by atoms with Gasteiger partial charge in [0, 0.05) is 11.9 Å². The number of hydrogen-bond acceptors (Lipinski definition) is 4. The van der Waals surface area contributed by atoms with Crippen LogP contribution in [0.15, 0.2) is 17.5 Å². The molecule has 0 aliphatic rings. The molecule has 0 saturated carbocycles. The average molecular weight is 258 g/mol. The van der Waals surface area contributed by atoms with Crippen molar-refractivity contribution in [2.24, 2.45) is 0 Å². The molecule has 0 bridgehead atoms. The fourth-order valence-corrected chi connectivity index (χ4v) is 3.32. The summed E-state index contributed by atoms with van der Waals surface area (Å²) < 4.78 is 25.1.